The summed E-state index contributed by atoms with van der Waals surface area (Å²) in [5, 5.41) is 8.95. The highest BCUT2D eigenvalue weighted by Crippen LogP contribution is 2.24. The van der Waals surface area contributed by atoms with Gasteiger partial charge in [-0.25, -0.2) is 14.4 Å². The molecule has 206 valence electrons. The van der Waals surface area contributed by atoms with Gasteiger partial charge in [-0.2, -0.15) is 0 Å². The number of carbonyl (C=O) groups excluding carboxylic acids is 3. The van der Waals surface area contributed by atoms with Crippen molar-refractivity contribution in [3.05, 3.63) is 109 Å². The molecule has 3 rings (SSSR count). The van der Waals surface area contributed by atoms with Crippen LogP contribution in [0.2, 0.25) is 0 Å². The molecule has 0 aromatic heterocycles. The summed E-state index contributed by atoms with van der Waals surface area (Å²) in [5.41, 5.74) is 2.99. The molecule has 0 aliphatic heterocycles. The van der Waals surface area contributed by atoms with Gasteiger partial charge in [0.15, 0.2) is 0 Å². The number of hydrogen-bond donors (Lipinski definition) is 1. The molecule has 1 N–H and O–H groups in total. The number of ether oxygens (including phenoxy) is 4. The highest BCUT2D eigenvalue weighted by atomic mass is 16.5. The van der Waals surface area contributed by atoms with E-state index in [9.17, 15) is 14.4 Å². The van der Waals surface area contributed by atoms with Crippen LogP contribution in [0.3, 0.4) is 0 Å². The van der Waals surface area contributed by atoms with Gasteiger partial charge >= 0.3 is 17.9 Å². The molecule has 3 aromatic carbocycles. The fourth-order valence-electron chi connectivity index (χ4n) is 3.20. The Balaban J connectivity index is 1.44. The van der Waals surface area contributed by atoms with Crippen molar-refractivity contribution in [3.8, 4) is 28.4 Å². The van der Waals surface area contributed by atoms with Crippen molar-refractivity contribution in [2.75, 3.05) is 19.8 Å². The van der Waals surface area contributed by atoms with E-state index in [0.29, 0.717) is 35.8 Å². The summed E-state index contributed by atoms with van der Waals surface area (Å²) in [6.07, 6.45) is 3.53. The van der Waals surface area contributed by atoms with Crippen molar-refractivity contribution in [3.63, 3.8) is 0 Å². The summed E-state index contributed by atoms with van der Waals surface area (Å²) < 4.78 is 21.1. The second-order valence-corrected chi connectivity index (χ2v) is 8.64. The van der Waals surface area contributed by atoms with E-state index in [2.05, 4.69) is 13.2 Å². The number of aliphatic hydroxyl groups is 1. The molecule has 0 unspecified atom stereocenters. The predicted molar refractivity (Wildman–Crippen MR) is 151 cm³/mol. The number of aliphatic hydroxyl groups excluding tert-OH is 1. The molecule has 0 radical (unpaired) electrons. The molecule has 0 aliphatic carbocycles. The maximum atomic E-state index is 12.2. The van der Waals surface area contributed by atoms with Crippen LogP contribution in [0.4, 0.5) is 0 Å². The van der Waals surface area contributed by atoms with E-state index in [4.69, 9.17) is 24.1 Å². The summed E-state index contributed by atoms with van der Waals surface area (Å²) >= 11 is 0. The molecule has 0 atom stereocenters. The van der Waals surface area contributed by atoms with E-state index >= 15 is 0 Å². The van der Waals surface area contributed by atoms with Gasteiger partial charge in [0, 0.05) is 18.1 Å². The summed E-state index contributed by atoms with van der Waals surface area (Å²) in [5.74, 6) is -0.293. The summed E-state index contributed by atoms with van der Waals surface area (Å²) in [7, 11) is 0. The van der Waals surface area contributed by atoms with Crippen molar-refractivity contribution < 1.29 is 38.4 Å². The Labute approximate surface area is 232 Å². The van der Waals surface area contributed by atoms with Crippen LogP contribution in [0.15, 0.2) is 103 Å². The zero-order chi connectivity index (χ0) is 28.9. The van der Waals surface area contributed by atoms with Crippen LogP contribution in [-0.4, -0.2) is 42.8 Å². The fourth-order valence-corrected chi connectivity index (χ4v) is 3.20. The third-order valence-corrected chi connectivity index (χ3v) is 5.38. The minimum Gasteiger partial charge on any atom is -0.493 e. The smallest absolute Gasteiger partial charge is 0.341 e. The molecule has 8 heteroatoms. The molecule has 0 heterocycles. The van der Waals surface area contributed by atoms with Gasteiger partial charge in [-0.1, -0.05) is 49.6 Å². The normalized spacial score (nSPS) is 10.6. The standard InChI is InChI=1S/C32H30O8/c1-22(2)31(35)38-20-4-19-37-27-14-16-28(17-15-27)39-30(34)18-7-24-5-8-25(9-6-24)26-10-12-29(13-11-26)40-32(36)23(3)21-33/h5-18,33H,1,3-4,19-21H2,2H3/b18-7+. The van der Waals surface area contributed by atoms with E-state index in [0.717, 1.165) is 16.7 Å². The van der Waals surface area contributed by atoms with E-state index in [1.807, 2.05) is 36.4 Å². The van der Waals surface area contributed by atoms with Gasteiger partial charge < -0.3 is 24.1 Å². The Morgan fingerprint density at radius 1 is 0.750 bits per heavy atom. The Morgan fingerprint density at radius 3 is 1.90 bits per heavy atom. The van der Waals surface area contributed by atoms with Crippen molar-refractivity contribution in [2.45, 2.75) is 13.3 Å². The first-order valence-electron chi connectivity index (χ1n) is 12.4. The number of carbonyl (C=O) groups is 3. The van der Waals surface area contributed by atoms with Crippen LogP contribution >= 0.6 is 0 Å². The summed E-state index contributed by atoms with van der Waals surface area (Å²) in [6.45, 7) is 8.70. The molecule has 0 saturated carbocycles. The van der Waals surface area contributed by atoms with Crippen LogP contribution in [0.5, 0.6) is 17.2 Å². The number of rotatable bonds is 13. The zero-order valence-electron chi connectivity index (χ0n) is 22.1. The van der Waals surface area contributed by atoms with Gasteiger partial charge in [0.2, 0.25) is 0 Å². The van der Waals surface area contributed by atoms with Crippen molar-refractivity contribution in [1.82, 2.24) is 0 Å². The average Bonchev–Trinajstić information content (AvgIpc) is 2.96. The summed E-state index contributed by atoms with van der Waals surface area (Å²) in [6, 6.07) is 21.1. The zero-order valence-corrected chi connectivity index (χ0v) is 22.1. The molecule has 0 bridgehead atoms. The minimum atomic E-state index is -0.677. The molecule has 8 nitrogen and oxygen atoms in total. The quantitative estimate of drug-likeness (QED) is 0.134. The third-order valence-electron chi connectivity index (χ3n) is 5.38. The highest BCUT2D eigenvalue weighted by Gasteiger charge is 2.09. The molecule has 0 aliphatic rings. The van der Waals surface area contributed by atoms with Gasteiger partial charge in [0.1, 0.15) is 17.2 Å². The molecule has 0 amide bonds. The van der Waals surface area contributed by atoms with Crippen LogP contribution in [-0.2, 0) is 19.1 Å². The third kappa shape index (κ3) is 9.41. The lowest BCUT2D eigenvalue weighted by molar-refractivity contribution is -0.139. The monoisotopic (exact) mass is 542 g/mol. The SMILES string of the molecule is C=C(C)C(=O)OCCCOc1ccc(OC(=O)/C=C/c2ccc(-c3ccc(OC(=O)C(=C)CO)cc3)cc2)cc1. The van der Waals surface area contributed by atoms with Gasteiger partial charge in [-0.3, -0.25) is 0 Å². The van der Waals surface area contributed by atoms with Crippen molar-refractivity contribution in [1.29, 1.82) is 0 Å². The van der Waals surface area contributed by atoms with E-state index in [1.165, 1.54) is 6.08 Å². The second kappa shape index (κ2) is 14.8. The van der Waals surface area contributed by atoms with Gasteiger partial charge in [0.05, 0.1) is 25.4 Å². The van der Waals surface area contributed by atoms with Gasteiger partial charge in [0.25, 0.3) is 0 Å². The molecular weight excluding hydrogens is 512 g/mol. The minimum absolute atomic E-state index is 0.0203. The first-order valence-corrected chi connectivity index (χ1v) is 12.4. The average molecular weight is 543 g/mol. The lowest BCUT2D eigenvalue weighted by Gasteiger charge is -2.08. The lowest BCUT2D eigenvalue weighted by atomic mass is 10.0. The lowest BCUT2D eigenvalue weighted by Crippen LogP contribution is -2.12. The first-order chi connectivity index (χ1) is 19.2. The van der Waals surface area contributed by atoms with Crippen LogP contribution < -0.4 is 14.2 Å². The Morgan fingerprint density at radius 2 is 1.30 bits per heavy atom. The van der Waals surface area contributed by atoms with Crippen LogP contribution in [0, 0.1) is 0 Å². The molecular formula is C32H30O8. The molecule has 3 aromatic rings. The second-order valence-electron chi connectivity index (χ2n) is 8.64. The van der Waals surface area contributed by atoms with E-state index < -0.39 is 24.5 Å². The molecule has 0 spiro atoms. The van der Waals surface area contributed by atoms with E-state index in [1.54, 1.807) is 49.4 Å². The topological polar surface area (TPSA) is 108 Å². The maximum absolute atomic E-state index is 12.2. The first kappa shape index (κ1) is 29.6. The molecule has 0 saturated heterocycles. The van der Waals surface area contributed by atoms with Crippen LogP contribution in [0.25, 0.3) is 17.2 Å². The van der Waals surface area contributed by atoms with Crippen molar-refractivity contribution in [2.24, 2.45) is 0 Å². The predicted octanol–water partition coefficient (Wildman–Crippen LogP) is 5.31. The Kier molecular flexibility index (Phi) is 11.0. The largest absolute Gasteiger partial charge is 0.493 e. The maximum Gasteiger partial charge on any atom is 0.341 e. The molecule has 40 heavy (non-hydrogen) atoms. The van der Waals surface area contributed by atoms with E-state index in [-0.39, 0.29) is 12.2 Å². The van der Waals surface area contributed by atoms with Crippen LogP contribution in [0.1, 0.15) is 18.9 Å². The van der Waals surface area contributed by atoms with Gasteiger partial charge in [-0.15, -0.1) is 0 Å². The summed E-state index contributed by atoms with van der Waals surface area (Å²) in [4.78, 5) is 35.3. The number of esters is 3. The Hall–Kier alpha value is -4.95. The van der Waals surface area contributed by atoms with Gasteiger partial charge in [-0.05, 0) is 66.1 Å². The van der Waals surface area contributed by atoms with Crippen molar-refractivity contribution >= 4 is 24.0 Å². The Bertz CT molecular complexity index is 1370. The molecule has 0 fully saturated rings. The fraction of sp³-hybridized carbons (Fsp3) is 0.156. The number of benzene rings is 3. The highest BCUT2D eigenvalue weighted by molar-refractivity contribution is 5.90. The number of hydrogen-bond acceptors (Lipinski definition) is 8.